The number of methoxy groups -OCH3 is 1. The van der Waals surface area contributed by atoms with E-state index in [0.717, 1.165) is 67.7 Å². The molecule has 32 heavy (non-hydrogen) atoms. The quantitative estimate of drug-likeness (QED) is 0.460. The van der Waals surface area contributed by atoms with Crippen molar-refractivity contribution in [2.24, 2.45) is 0 Å². The largest absolute Gasteiger partial charge is 0.495 e. The van der Waals surface area contributed by atoms with E-state index in [2.05, 4.69) is 17.1 Å². The number of hydrogen-bond acceptors (Lipinski definition) is 6. The molecule has 1 aliphatic rings. The van der Waals surface area contributed by atoms with E-state index in [0.29, 0.717) is 10.8 Å². The average Bonchev–Trinajstić information content (AvgIpc) is 2.80. The van der Waals surface area contributed by atoms with Gasteiger partial charge in [-0.2, -0.15) is 0 Å². The van der Waals surface area contributed by atoms with Crippen molar-refractivity contribution in [2.45, 2.75) is 38.7 Å². The van der Waals surface area contributed by atoms with E-state index < -0.39 is 0 Å². The molecule has 2 heterocycles. The lowest BCUT2D eigenvalue weighted by molar-refractivity contribution is 0.179. The SMILES string of the molecule is CCCc1nc(Nc2ccc(OC)c(Cl)c2)cc(N2CCCC(Oc3ccccc3)C2)n1. The van der Waals surface area contributed by atoms with Gasteiger partial charge in [0.15, 0.2) is 0 Å². The van der Waals surface area contributed by atoms with Crippen LogP contribution in [0.2, 0.25) is 5.02 Å². The number of aromatic nitrogens is 2. The van der Waals surface area contributed by atoms with Crippen LogP contribution in [0, 0.1) is 0 Å². The maximum atomic E-state index is 6.29. The van der Waals surface area contributed by atoms with Gasteiger partial charge in [0.25, 0.3) is 0 Å². The monoisotopic (exact) mass is 452 g/mol. The molecule has 2 aromatic carbocycles. The number of halogens is 1. The van der Waals surface area contributed by atoms with Gasteiger partial charge in [0.2, 0.25) is 0 Å². The molecular weight excluding hydrogens is 424 g/mol. The first-order chi connectivity index (χ1) is 15.6. The minimum Gasteiger partial charge on any atom is -0.495 e. The fourth-order valence-electron chi connectivity index (χ4n) is 3.87. The van der Waals surface area contributed by atoms with Gasteiger partial charge in [0.1, 0.15) is 35.1 Å². The molecule has 6 nitrogen and oxygen atoms in total. The molecule has 1 aliphatic heterocycles. The first-order valence-corrected chi connectivity index (χ1v) is 11.5. The van der Waals surface area contributed by atoms with Gasteiger partial charge >= 0.3 is 0 Å². The Bertz CT molecular complexity index is 1030. The molecule has 1 unspecified atom stereocenters. The molecule has 1 N–H and O–H groups in total. The zero-order valence-corrected chi connectivity index (χ0v) is 19.3. The van der Waals surface area contributed by atoms with Gasteiger partial charge in [-0.3, -0.25) is 0 Å². The number of ether oxygens (including phenoxy) is 2. The predicted octanol–water partition coefficient (Wildman–Crippen LogP) is 5.88. The molecule has 4 rings (SSSR count). The van der Waals surface area contributed by atoms with Gasteiger partial charge in [0.05, 0.1) is 18.7 Å². The van der Waals surface area contributed by atoms with Gasteiger partial charge in [0, 0.05) is 24.7 Å². The van der Waals surface area contributed by atoms with E-state index in [1.54, 1.807) is 7.11 Å². The maximum Gasteiger partial charge on any atom is 0.137 e. The minimum atomic E-state index is 0.132. The topological polar surface area (TPSA) is 59.5 Å². The van der Waals surface area contributed by atoms with Crippen LogP contribution >= 0.6 is 11.6 Å². The molecule has 0 amide bonds. The number of piperidine rings is 1. The maximum absolute atomic E-state index is 6.29. The van der Waals surface area contributed by atoms with Gasteiger partial charge in [-0.25, -0.2) is 9.97 Å². The van der Waals surface area contributed by atoms with Gasteiger partial charge in [-0.1, -0.05) is 36.7 Å². The van der Waals surface area contributed by atoms with E-state index >= 15 is 0 Å². The molecule has 0 bridgehead atoms. The second-order valence-electron chi connectivity index (χ2n) is 7.89. The summed E-state index contributed by atoms with van der Waals surface area (Å²) < 4.78 is 11.5. The summed E-state index contributed by atoms with van der Waals surface area (Å²) in [6.07, 6.45) is 4.03. The second-order valence-corrected chi connectivity index (χ2v) is 8.30. The Morgan fingerprint density at radius 1 is 1.12 bits per heavy atom. The fourth-order valence-corrected chi connectivity index (χ4v) is 4.13. The molecule has 0 radical (unpaired) electrons. The van der Waals surface area contributed by atoms with Crippen molar-refractivity contribution in [2.75, 3.05) is 30.4 Å². The van der Waals surface area contributed by atoms with Crippen molar-refractivity contribution < 1.29 is 9.47 Å². The lowest BCUT2D eigenvalue weighted by atomic mass is 10.1. The second kappa shape index (κ2) is 10.6. The summed E-state index contributed by atoms with van der Waals surface area (Å²) in [6.45, 7) is 3.88. The lowest BCUT2D eigenvalue weighted by Gasteiger charge is -2.34. The number of hydrogen-bond donors (Lipinski definition) is 1. The van der Waals surface area contributed by atoms with E-state index in [9.17, 15) is 0 Å². The van der Waals surface area contributed by atoms with Crippen LogP contribution in [0.15, 0.2) is 54.6 Å². The molecule has 1 atom stereocenters. The zero-order valence-electron chi connectivity index (χ0n) is 18.6. The van der Waals surface area contributed by atoms with E-state index in [1.807, 2.05) is 54.6 Å². The number of nitrogens with one attached hydrogen (secondary N) is 1. The van der Waals surface area contributed by atoms with Crippen LogP contribution in [-0.2, 0) is 6.42 Å². The van der Waals surface area contributed by atoms with Crippen LogP contribution in [0.4, 0.5) is 17.3 Å². The van der Waals surface area contributed by atoms with Crippen molar-refractivity contribution in [1.82, 2.24) is 9.97 Å². The normalized spacial score (nSPS) is 16.0. The molecule has 1 aromatic heterocycles. The van der Waals surface area contributed by atoms with E-state index in [-0.39, 0.29) is 6.10 Å². The van der Waals surface area contributed by atoms with Crippen molar-refractivity contribution in [3.05, 3.63) is 65.4 Å². The number of para-hydroxylation sites is 1. The standard InChI is InChI=1S/C25H29ClN4O2/c1-3-8-23-28-24(27-18-12-13-22(31-2)21(26)15-18)16-25(29-23)30-14-7-11-20(17-30)32-19-9-5-4-6-10-19/h4-6,9-10,12-13,15-16,20H,3,7-8,11,14,17H2,1-2H3,(H,27,28,29). The first kappa shape index (κ1) is 22.2. The highest BCUT2D eigenvalue weighted by molar-refractivity contribution is 6.32. The van der Waals surface area contributed by atoms with E-state index in [4.69, 9.17) is 31.0 Å². The Hall–Kier alpha value is -2.99. The van der Waals surface area contributed by atoms with Crippen LogP contribution in [-0.4, -0.2) is 36.3 Å². The Kier molecular flexibility index (Phi) is 7.32. The van der Waals surface area contributed by atoms with E-state index in [1.165, 1.54) is 0 Å². The number of nitrogens with zero attached hydrogens (tertiary/aromatic N) is 3. The average molecular weight is 453 g/mol. The summed E-state index contributed by atoms with van der Waals surface area (Å²) in [5.41, 5.74) is 0.854. The summed E-state index contributed by atoms with van der Waals surface area (Å²) in [7, 11) is 1.61. The lowest BCUT2D eigenvalue weighted by Crippen LogP contribution is -2.41. The summed E-state index contributed by atoms with van der Waals surface area (Å²) in [6, 6.07) is 17.6. The highest BCUT2D eigenvalue weighted by atomic mass is 35.5. The number of aryl methyl sites for hydroxylation is 1. The zero-order chi connectivity index (χ0) is 22.3. The van der Waals surface area contributed by atoms with Gasteiger partial charge in [-0.15, -0.1) is 0 Å². The third-order valence-electron chi connectivity index (χ3n) is 5.40. The van der Waals surface area contributed by atoms with Crippen molar-refractivity contribution in [3.8, 4) is 11.5 Å². The summed E-state index contributed by atoms with van der Waals surface area (Å²) >= 11 is 6.29. The minimum absolute atomic E-state index is 0.132. The van der Waals surface area contributed by atoms with Crippen LogP contribution in [0.25, 0.3) is 0 Å². The van der Waals surface area contributed by atoms with Crippen molar-refractivity contribution in [3.63, 3.8) is 0 Å². The molecular formula is C25H29ClN4O2. The number of rotatable bonds is 8. The van der Waals surface area contributed by atoms with Gasteiger partial charge < -0.3 is 19.7 Å². The molecule has 0 aliphatic carbocycles. The summed E-state index contributed by atoms with van der Waals surface area (Å²) in [5.74, 6) is 4.06. The third kappa shape index (κ3) is 5.62. The first-order valence-electron chi connectivity index (χ1n) is 11.1. The number of benzene rings is 2. The molecule has 3 aromatic rings. The molecule has 7 heteroatoms. The van der Waals surface area contributed by atoms with Crippen LogP contribution in [0.5, 0.6) is 11.5 Å². The third-order valence-corrected chi connectivity index (χ3v) is 5.70. The molecule has 1 fully saturated rings. The Labute approximate surface area is 194 Å². The van der Waals surface area contributed by atoms with Crippen molar-refractivity contribution >= 4 is 28.9 Å². The molecule has 1 saturated heterocycles. The Balaban J connectivity index is 1.53. The highest BCUT2D eigenvalue weighted by Gasteiger charge is 2.23. The summed E-state index contributed by atoms with van der Waals surface area (Å²) in [4.78, 5) is 11.9. The molecule has 0 saturated carbocycles. The van der Waals surface area contributed by atoms with Crippen LogP contribution in [0.1, 0.15) is 32.0 Å². The van der Waals surface area contributed by atoms with Crippen LogP contribution in [0.3, 0.4) is 0 Å². The number of anilines is 3. The fraction of sp³-hybridized carbons (Fsp3) is 0.360. The smallest absolute Gasteiger partial charge is 0.137 e. The Morgan fingerprint density at radius 2 is 1.97 bits per heavy atom. The predicted molar refractivity (Wildman–Crippen MR) is 130 cm³/mol. The van der Waals surface area contributed by atoms with Gasteiger partial charge in [-0.05, 0) is 49.6 Å². The highest BCUT2D eigenvalue weighted by Crippen LogP contribution is 2.30. The molecule has 168 valence electrons. The van der Waals surface area contributed by atoms with Crippen LogP contribution < -0.4 is 19.7 Å². The Morgan fingerprint density at radius 3 is 2.72 bits per heavy atom. The molecule has 0 spiro atoms. The van der Waals surface area contributed by atoms with Crippen molar-refractivity contribution in [1.29, 1.82) is 0 Å². The summed E-state index contributed by atoms with van der Waals surface area (Å²) in [5, 5.41) is 3.93.